The van der Waals surface area contributed by atoms with E-state index in [1.165, 1.54) is 10.8 Å². The number of hydrogen-bond acceptors (Lipinski definition) is 2. The third-order valence-corrected chi connectivity index (χ3v) is 6.11. The second kappa shape index (κ2) is 8.72. The van der Waals surface area contributed by atoms with Crippen LogP contribution in [-0.4, -0.2) is 23.0 Å². The first-order valence-electron chi connectivity index (χ1n) is 11.0. The Bertz CT molecular complexity index is 1240. The summed E-state index contributed by atoms with van der Waals surface area (Å²) in [4.78, 5) is 15.2. The van der Waals surface area contributed by atoms with Gasteiger partial charge >= 0.3 is 0 Å². The Kier molecular flexibility index (Phi) is 5.47. The van der Waals surface area contributed by atoms with Crippen molar-refractivity contribution in [2.75, 3.05) is 0 Å². The number of fused-ring (bicyclic) bond motifs is 1. The molecule has 5 rings (SSSR count). The standard InChI is InChI=1S/C29H25NO2/c1-21(25-18-10-14-23-13-8-9-17-26(23)25)30-27(20-19-22-11-4-2-5-12-22)28(29(30)31)32-24-15-6-3-7-16-24/h2-21,27-28H,1H3/b20-19+/t21-,27+,28-/m1/s1. The van der Waals surface area contributed by atoms with Gasteiger partial charge in [0, 0.05) is 0 Å². The molecule has 3 heteroatoms. The van der Waals surface area contributed by atoms with Gasteiger partial charge in [-0.1, -0.05) is 103 Å². The van der Waals surface area contributed by atoms with Crippen molar-refractivity contribution in [3.05, 3.63) is 120 Å². The lowest BCUT2D eigenvalue weighted by atomic mass is 9.90. The van der Waals surface area contributed by atoms with E-state index in [0.717, 1.165) is 11.1 Å². The van der Waals surface area contributed by atoms with E-state index in [4.69, 9.17) is 4.74 Å². The molecule has 1 saturated heterocycles. The molecule has 1 amide bonds. The van der Waals surface area contributed by atoms with Crippen molar-refractivity contribution in [2.45, 2.75) is 25.1 Å². The molecular weight excluding hydrogens is 394 g/mol. The molecule has 3 atom stereocenters. The van der Waals surface area contributed by atoms with Crippen molar-refractivity contribution in [3.8, 4) is 5.75 Å². The number of β-lactam (4-membered cyclic amide) rings is 1. The normalized spacial score (nSPS) is 19.2. The fraction of sp³-hybridized carbons (Fsp3) is 0.138. The Morgan fingerprint density at radius 1 is 0.812 bits per heavy atom. The van der Waals surface area contributed by atoms with Gasteiger partial charge in [0.1, 0.15) is 5.75 Å². The summed E-state index contributed by atoms with van der Waals surface area (Å²) < 4.78 is 6.12. The van der Waals surface area contributed by atoms with Crippen LogP contribution in [0.3, 0.4) is 0 Å². The maximum Gasteiger partial charge on any atom is 0.267 e. The molecule has 32 heavy (non-hydrogen) atoms. The molecule has 3 nitrogen and oxygen atoms in total. The molecule has 4 aromatic rings. The summed E-state index contributed by atoms with van der Waals surface area (Å²) in [5.41, 5.74) is 2.25. The van der Waals surface area contributed by atoms with Crippen LogP contribution in [0, 0.1) is 0 Å². The Morgan fingerprint density at radius 3 is 2.25 bits per heavy atom. The Hall–Kier alpha value is -3.85. The van der Waals surface area contributed by atoms with Gasteiger partial charge in [0.15, 0.2) is 0 Å². The van der Waals surface area contributed by atoms with Crippen LogP contribution in [0.25, 0.3) is 16.8 Å². The van der Waals surface area contributed by atoms with Crippen molar-refractivity contribution in [3.63, 3.8) is 0 Å². The van der Waals surface area contributed by atoms with E-state index in [2.05, 4.69) is 61.5 Å². The van der Waals surface area contributed by atoms with Gasteiger partial charge in [-0.15, -0.1) is 0 Å². The quantitative estimate of drug-likeness (QED) is 0.345. The molecule has 0 spiro atoms. The number of ether oxygens (including phenoxy) is 1. The van der Waals surface area contributed by atoms with Crippen LogP contribution in [0.15, 0.2) is 109 Å². The summed E-state index contributed by atoms with van der Waals surface area (Å²) in [7, 11) is 0. The number of hydrogen-bond donors (Lipinski definition) is 0. The minimum absolute atomic E-state index is 0.0111. The molecule has 158 valence electrons. The molecule has 1 aliphatic rings. The first-order chi connectivity index (χ1) is 15.7. The molecule has 1 fully saturated rings. The minimum Gasteiger partial charge on any atom is -0.478 e. The first-order valence-corrected chi connectivity index (χ1v) is 11.0. The molecular formula is C29H25NO2. The number of carbonyl (C=O) groups excluding carboxylic acids is 1. The Labute approximate surface area is 188 Å². The summed E-state index contributed by atoms with van der Waals surface area (Å²) >= 11 is 0. The van der Waals surface area contributed by atoms with Gasteiger partial charge < -0.3 is 9.64 Å². The van der Waals surface area contributed by atoms with Crippen LogP contribution in [0.4, 0.5) is 0 Å². The highest BCUT2D eigenvalue weighted by Crippen LogP contribution is 2.37. The monoisotopic (exact) mass is 419 g/mol. The van der Waals surface area contributed by atoms with Crippen molar-refractivity contribution in [1.82, 2.24) is 4.90 Å². The summed E-state index contributed by atoms with van der Waals surface area (Å²) in [5.74, 6) is 0.721. The van der Waals surface area contributed by atoms with E-state index in [1.54, 1.807) is 0 Å². The lowest BCUT2D eigenvalue weighted by Gasteiger charge is -2.48. The number of rotatable bonds is 6. The summed E-state index contributed by atoms with van der Waals surface area (Å²) in [6, 6.07) is 34.1. The highest BCUT2D eigenvalue weighted by molar-refractivity contribution is 5.92. The number of benzene rings is 4. The van der Waals surface area contributed by atoms with E-state index in [0.29, 0.717) is 5.75 Å². The van der Waals surface area contributed by atoms with Crippen LogP contribution in [0.2, 0.25) is 0 Å². The second-order valence-corrected chi connectivity index (χ2v) is 8.10. The summed E-state index contributed by atoms with van der Waals surface area (Å²) in [6.45, 7) is 2.10. The van der Waals surface area contributed by atoms with Crippen molar-refractivity contribution >= 4 is 22.8 Å². The first kappa shape index (κ1) is 20.1. The maximum atomic E-state index is 13.3. The summed E-state index contributed by atoms with van der Waals surface area (Å²) in [5, 5.41) is 2.35. The fourth-order valence-corrected chi connectivity index (χ4v) is 4.45. The van der Waals surface area contributed by atoms with Crippen LogP contribution in [0.5, 0.6) is 5.75 Å². The Balaban J connectivity index is 1.48. The molecule has 0 aliphatic carbocycles. The van der Waals surface area contributed by atoms with Gasteiger partial charge in [-0.3, -0.25) is 4.79 Å². The number of para-hydroxylation sites is 1. The minimum atomic E-state index is -0.533. The number of nitrogens with zero attached hydrogens (tertiary/aromatic N) is 1. The van der Waals surface area contributed by atoms with Crippen molar-refractivity contribution < 1.29 is 9.53 Å². The van der Waals surface area contributed by atoms with Gasteiger partial charge in [-0.05, 0) is 41.0 Å². The summed E-state index contributed by atoms with van der Waals surface area (Å²) in [6.07, 6.45) is 3.63. The van der Waals surface area contributed by atoms with E-state index >= 15 is 0 Å². The molecule has 1 aliphatic heterocycles. The zero-order valence-electron chi connectivity index (χ0n) is 18.0. The third kappa shape index (κ3) is 3.78. The molecule has 0 radical (unpaired) electrons. The average Bonchev–Trinajstić information content (AvgIpc) is 2.85. The van der Waals surface area contributed by atoms with Crippen LogP contribution >= 0.6 is 0 Å². The number of amides is 1. The molecule has 0 aromatic heterocycles. The van der Waals surface area contributed by atoms with Crippen LogP contribution in [-0.2, 0) is 4.79 Å². The van der Waals surface area contributed by atoms with Gasteiger partial charge in [0.05, 0.1) is 12.1 Å². The van der Waals surface area contributed by atoms with E-state index in [-0.39, 0.29) is 18.0 Å². The molecule has 1 heterocycles. The zero-order valence-corrected chi connectivity index (χ0v) is 18.0. The van der Waals surface area contributed by atoms with E-state index < -0.39 is 6.10 Å². The number of carbonyl (C=O) groups is 1. The van der Waals surface area contributed by atoms with Crippen molar-refractivity contribution in [1.29, 1.82) is 0 Å². The molecule has 4 aromatic carbocycles. The topological polar surface area (TPSA) is 29.5 Å². The van der Waals surface area contributed by atoms with Gasteiger partial charge in [0.2, 0.25) is 6.10 Å². The molecule has 0 bridgehead atoms. The maximum absolute atomic E-state index is 13.3. The SMILES string of the molecule is C[C@H](c1cccc2ccccc12)N1C(=O)[C@H](Oc2ccccc2)[C@@H]1/C=C/c1ccccc1. The zero-order chi connectivity index (χ0) is 21.9. The van der Waals surface area contributed by atoms with Crippen LogP contribution in [0.1, 0.15) is 24.1 Å². The number of likely N-dealkylation sites (tertiary alicyclic amines) is 1. The lowest BCUT2D eigenvalue weighted by molar-refractivity contribution is -0.163. The molecule has 0 unspecified atom stereocenters. The highest BCUT2D eigenvalue weighted by Gasteiger charge is 2.50. The van der Waals surface area contributed by atoms with Crippen LogP contribution < -0.4 is 4.74 Å². The predicted octanol–water partition coefficient (Wildman–Crippen LogP) is 6.27. The van der Waals surface area contributed by atoms with Gasteiger partial charge in [-0.2, -0.15) is 0 Å². The molecule has 0 N–H and O–H groups in total. The highest BCUT2D eigenvalue weighted by atomic mass is 16.5. The largest absolute Gasteiger partial charge is 0.478 e. The van der Waals surface area contributed by atoms with E-state index in [1.807, 2.05) is 65.6 Å². The second-order valence-electron chi connectivity index (χ2n) is 8.10. The van der Waals surface area contributed by atoms with E-state index in [9.17, 15) is 4.79 Å². The lowest BCUT2D eigenvalue weighted by Crippen LogP contribution is -2.66. The van der Waals surface area contributed by atoms with Gasteiger partial charge in [0.25, 0.3) is 5.91 Å². The predicted molar refractivity (Wildman–Crippen MR) is 129 cm³/mol. The Morgan fingerprint density at radius 2 is 1.47 bits per heavy atom. The smallest absolute Gasteiger partial charge is 0.267 e. The average molecular weight is 420 g/mol. The fourth-order valence-electron chi connectivity index (χ4n) is 4.45. The van der Waals surface area contributed by atoms with Crippen molar-refractivity contribution in [2.24, 2.45) is 0 Å². The van der Waals surface area contributed by atoms with Gasteiger partial charge in [-0.25, -0.2) is 0 Å². The molecule has 0 saturated carbocycles. The third-order valence-electron chi connectivity index (χ3n) is 6.11.